The second-order valence-electron chi connectivity index (χ2n) is 11.5. The Kier molecular flexibility index (Phi) is 9.81. The minimum Gasteiger partial charge on any atom is -0.353 e. The van der Waals surface area contributed by atoms with Crippen molar-refractivity contribution in [2.45, 2.75) is 63.6 Å². The fraction of sp³-hybridized carbons (Fsp3) is 0.536. The van der Waals surface area contributed by atoms with E-state index < -0.39 is 35.1 Å². The largest absolute Gasteiger partial charge is 0.353 e. The number of halogens is 2. The monoisotopic (exact) mass is 738 g/mol. The lowest BCUT2D eigenvalue weighted by atomic mass is 9.54. The summed E-state index contributed by atoms with van der Waals surface area (Å²) in [7, 11) is 1.31. The highest BCUT2D eigenvalue weighted by molar-refractivity contribution is 9.12. The van der Waals surface area contributed by atoms with Crippen LogP contribution >= 0.6 is 43.2 Å². The first-order valence-corrected chi connectivity index (χ1v) is 16.6. The number of aromatic nitrogens is 2. The summed E-state index contributed by atoms with van der Waals surface area (Å²) >= 11 is 7.62. The highest BCUT2D eigenvalue weighted by Crippen LogP contribution is 2.53. The van der Waals surface area contributed by atoms with Gasteiger partial charge in [-0.15, -0.1) is 0 Å². The van der Waals surface area contributed by atoms with Gasteiger partial charge in [0.25, 0.3) is 17.4 Å². The van der Waals surface area contributed by atoms with Crippen LogP contribution in [0, 0.1) is 23.7 Å². The summed E-state index contributed by atoms with van der Waals surface area (Å²) in [6.45, 7) is -0.196. The Balaban J connectivity index is 1.25. The molecular weight excluding hydrogens is 708 g/mol. The summed E-state index contributed by atoms with van der Waals surface area (Å²) in [5.41, 5.74) is -0.655. The van der Waals surface area contributed by atoms with Gasteiger partial charge >= 0.3 is 0 Å². The molecule has 0 unspecified atom stereocenters. The molecule has 4 saturated carbocycles. The smallest absolute Gasteiger partial charge is 0.287 e. The van der Waals surface area contributed by atoms with Crippen molar-refractivity contribution >= 4 is 78.3 Å². The maximum atomic E-state index is 13.3. The van der Waals surface area contributed by atoms with Crippen molar-refractivity contribution in [1.82, 2.24) is 25.5 Å². The number of nitrogens with zero attached hydrogens (tertiary/aromatic N) is 2. The summed E-state index contributed by atoms with van der Waals surface area (Å²) < 4.78 is 2.10. The second-order valence-corrected chi connectivity index (χ2v) is 15.1. The average molecular weight is 740 g/mol. The molecule has 230 valence electrons. The van der Waals surface area contributed by atoms with Crippen molar-refractivity contribution in [1.29, 1.82) is 0 Å². The molecule has 4 fully saturated rings. The number of anilines is 1. The molecule has 0 saturated heterocycles. The molecule has 1 atom stereocenters. The van der Waals surface area contributed by atoms with Crippen LogP contribution in [0.25, 0.3) is 0 Å². The van der Waals surface area contributed by atoms with Crippen molar-refractivity contribution < 1.29 is 24.0 Å². The average Bonchev–Trinajstić information content (AvgIpc) is 3.31. The number of pyridine rings is 1. The van der Waals surface area contributed by atoms with E-state index in [1.807, 2.05) is 0 Å². The normalized spacial score (nSPS) is 24.2. The van der Waals surface area contributed by atoms with Crippen molar-refractivity contribution in [3.8, 4) is 0 Å². The van der Waals surface area contributed by atoms with Crippen LogP contribution in [0.1, 0.15) is 55.4 Å². The zero-order valence-corrected chi connectivity index (χ0v) is 27.3. The van der Waals surface area contributed by atoms with Crippen molar-refractivity contribution in [2.75, 3.05) is 12.4 Å². The molecule has 43 heavy (non-hydrogen) atoms. The SMILES string of the molecule is CNC(=O)C(=O)CC[C@H](NC(=O)c1nc(Br)sc1Br)C(=O)Nc1cccn(CC(=O)NC2C3CC4CC(C3)CC2C4)c1=O. The van der Waals surface area contributed by atoms with Crippen LogP contribution in [0.4, 0.5) is 5.69 Å². The third-order valence-corrected chi connectivity index (χ3v) is 10.8. The molecule has 2 aromatic rings. The van der Waals surface area contributed by atoms with Gasteiger partial charge in [0.2, 0.25) is 17.6 Å². The van der Waals surface area contributed by atoms with Crippen LogP contribution in [0.2, 0.25) is 0 Å². The molecule has 0 spiro atoms. The van der Waals surface area contributed by atoms with Crippen molar-refractivity contribution in [3.05, 3.63) is 42.1 Å². The number of carbonyl (C=O) groups excluding carboxylic acids is 5. The zero-order valence-electron chi connectivity index (χ0n) is 23.4. The summed E-state index contributed by atoms with van der Waals surface area (Å²) in [5, 5.41) is 10.5. The molecule has 0 aliphatic heterocycles. The van der Waals surface area contributed by atoms with E-state index in [2.05, 4.69) is 58.1 Å². The summed E-state index contributed by atoms with van der Waals surface area (Å²) in [6.07, 6.45) is 6.88. The lowest BCUT2D eigenvalue weighted by Gasteiger charge is -2.54. The number of carbonyl (C=O) groups is 5. The fourth-order valence-corrected chi connectivity index (χ4v) is 9.53. The number of hydrogen-bond donors (Lipinski definition) is 4. The molecule has 12 nitrogen and oxygen atoms in total. The predicted octanol–water partition coefficient (Wildman–Crippen LogP) is 2.60. The Hall–Kier alpha value is -2.91. The van der Waals surface area contributed by atoms with Gasteiger partial charge < -0.3 is 25.8 Å². The number of Topliss-reactive ketones (excluding diaryl/α,β-unsaturated/α-hetero) is 1. The number of hydrogen-bond acceptors (Lipinski definition) is 8. The Morgan fingerprint density at radius 3 is 2.35 bits per heavy atom. The van der Waals surface area contributed by atoms with Gasteiger partial charge in [-0.05, 0) is 106 Å². The standard InChI is InChI=1S/C28H32Br2N6O6S/c1-31-25(40)19(37)5-4-17(32-26(41)22-23(29)43-28(30)35-22)24(39)33-18-3-2-6-36(27(18)42)12-20(38)34-21-15-8-13-7-14(10-15)11-16(21)9-13/h2-3,6,13-17,21H,4-5,7-12H2,1H3,(H,31,40)(H,32,41)(H,33,39)(H,34,38)/t13?,14?,15?,16?,17-,21?/m0/s1. The minimum atomic E-state index is -1.28. The van der Waals surface area contributed by atoms with Crippen LogP contribution in [0.5, 0.6) is 0 Å². The third kappa shape index (κ3) is 7.26. The molecule has 4 aliphatic rings. The van der Waals surface area contributed by atoms with Gasteiger partial charge in [-0.25, -0.2) is 4.98 Å². The van der Waals surface area contributed by atoms with E-state index in [0.717, 1.165) is 48.9 Å². The number of amides is 4. The van der Waals surface area contributed by atoms with Gasteiger partial charge in [0.05, 0.1) is 0 Å². The Bertz CT molecular complexity index is 1480. The molecule has 4 aliphatic carbocycles. The number of nitrogens with one attached hydrogen (secondary N) is 4. The van der Waals surface area contributed by atoms with Gasteiger partial charge in [-0.1, -0.05) is 11.3 Å². The number of ketones is 1. The maximum Gasteiger partial charge on any atom is 0.287 e. The Morgan fingerprint density at radius 2 is 1.74 bits per heavy atom. The van der Waals surface area contributed by atoms with E-state index in [-0.39, 0.29) is 42.7 Å². The van der Waals surface area contributed by atoms with Crippen molar-refractivity contribution in [2.24, 2.45) is 23.7 Å². The highest BCUT2D eigenvalue weighted by atomic mass is 79.9. The van der Waals surface area contributed by atoms with Gasteiger partial charge in [-0.2, -0.15) is 0 Å². The first-order chi connectivity index (χ1) is 20.5. The second kappa shape index (κ2) is 13.4. The number of rotatable bonds is 11. The van der Waals surface area contributed by atoms with E-state index in [9.17, 15) is 28.8 Å². The first kappa shape index (κ1) is 31.5. The minimum absolute atomic E-state index is 0.0273. The van der Waals surface area contributed by atoms with Gasteiger partial charge in [0, 0.05) is 25.7 Å². The fourth-order valence-electron chi connectivity index (χ4n) is 6.96. The maximum absolute atomic E-state index is 13.3. The van der Waals surface area contributed by atoms with Crippen LogP contribution in [-0.4, -0.2) is 58.1 Å². The molecular formula is C28H32Br2N6O6S. The lowest BCUT2D eigenvalue weighted by Crippen LogP contribution is -2.56. The highest BCUT2D eigenvalue weighted by Gasteiger charge is 2.48. The molecule has 4 N–H and O–H groups in total. The van der Waals surface area contributed by atoms with Crippen molar-refractivity contribution in [3.63, 3.8) is 0 Å². The van der Waals surface area contributed by atoms with Crippen LogP contribution in [0.3, 0.4) is 0 Å². The summed E-state index contributed by atoms with van der Waals surface area (Å²) in [6, 6.07) is 1.80. The van der Waals surface area contributed by atoms with E-state index in [0.29, 0.717) is 19.5 Å². The molecule has 4 amide bonds. The van der Waals surface area contributed by atoms with E-state index in [1.54, 1.807) is 6.07 Å². The van der Waals surface area contributed by atoms with Gasteiger partial charge in [-0.3, -0.25) is 28.8 Å². The summed E-state index contributed by atoms with van der Waals surface area (Å²) in [4.78, 5) is 80.4. The van der Waals surface area contributed by atoms with E-state index in [1.165, 1.54) is 30.3 Å². The van der Waals surface area contributed by atoms with Crippen LogP contribution < -0.4 is 26.8 Å². The predicted molar refractivity (Wildman–Crippen MR) is 165 cm³/mol. The van der Waals surface area contributed by atoms with E-state index >= 15 is 0 Å². The molecule has 4 bridgehead atoms. The Labute approximate surface area is 268 Å². The van der Waals surface area contributed by atoms with Gasteiger partial charge in [0.1, 0.15) is 22.1 Å². The first-order valence-electron chi connectivity index (χ1n) is 14.2. The van der Waals surface area contributed by atoms with Crippen LogP contribution in [0.15, 0.2) is 30.8 Å². The Morgan fingerprint density at radius 1 is 1.07 bits per heavy atom. The zero-order chi connectivity index (χ0) is 30.8. The molecule has 2 aromatic heterocycles. The topological polar surface area (TPSA) is 168 Å². The quantitative estimate of drug-likeness (QED) is 0.257. The molecule has 6 rings (SSSR count). The molecule has 0 radical (unpaired) electrons. The van der Waals surface area contributed by atoms with Crippen LogP contribution in [-0.2, 0) is 25.7 Å². The number of likely N-dealkylation sites (N-methyl/N-ethyl adjacent to an activating group) is 1. The third-order valence-electron chi connectivity index (χ3n) is 8.68. The summed E-state index contributed by atoms with van der Waals surface area (Å²) in [5.74, 6) is -0.746. The van der Waals surface area contributed by atoms with Gasteiger partial charge in [0.15, 0.2) is 9.61 Å². The molecule has 0 aromatic carbocycles. The molecule has 2 heterocycles. The molecule has 15 heteroatoms. The van der Waals surface area contributed by atoms with E-state index in [4.69, 9.17) is 0 Å². The lowest BCUT2D eigenvalue weighted by molar-refractivity contribution is -0.137. The number of thiazole rings is 1.